The van der Waals surface area contributed by atoms with E-state index < -0.39 is 0 Å². The van der Waals surface area contributed by atoms with Gasteiger partial charge >= 0.3 is 19.5 Å². The van der Waals surface area contributed by atoms with Gasteiger partial charge in [-0.15, -0.1) is 12.4 Å². The monoisotopic (exact) mass is 221 g/mol. The third kappa shape index (κ3) is 17.8. The first kappa shape index (κ1) is 17.3. The van der Waals surface area contributed by atoms with Crippen molar-refractivity contribution in [3.8, 4) is 0 Å². The topological polar surface area (TPSA) is 14.1 Å². The fourth-order valence-corrected chi connectivity index (χ4v) is 0.342. The SMILES string of the molecule is C[N-]C.Cl.[Zn+2].[c-]1ccccc1. The van der Waals surface area contributed by atoms with Crippen LogP contribution in [-0.2, 0) is 19.5 Å². The molecule has 0 amide bonds. The van der Waals surface area contributed by atoms with Gasteiger partial charge < -0.3 is 5.32 Å². The smallest absolute Gasteiger partial charge is 0.668 e. The fraction of sp³-hybridized carbons (Fsp3) is 0.250. The standard InChI is InChI=1S/C6H5.C2H6N.ClH.Zn/c1-2-4-6-5-3-1;1-3-2;;/h1-5H;1-2H3;1H;/q2*-1;;+2. The molecule has 11 heavy (non-hydrogen) atoms. The Labute approximate surface area is 87.8 Å². The van der Waals surface area contributed by atoms with Gasteiger partial charge in [-0.25, -0.2) is 0 Å². The Balaban J connectivity index is -0.000000116. The quantitative estimate of drug-likeness (QED) is 0.474. The van der Waals surface area contributed by atoms with E-state index in [0.717, 1.165) is 0 Å². The Kier molecular flexibility index (Phi) is 26.0. The van der Waals surface area contributed by atoms with E-state index in [0.29, 0.717) is 0 Å². The van der Waals surface area contributed by atoms with Gasteiger partial charge in [-0.05, 0) is 0 Å². The predicted octanol–water partition coefficient (Wildman–Crippen LogP) is 2.53. The van der Waals surface area contributed by atoms with E-state index in [1.807, 2.05) is 30.3 Å². The summed E-state index contributed by atoms with van der Waals surface area (Å²) in [6.07, 6.45) is 0. The molecule has 0 aromatic heterocycles. The first-order valence-corrected chi connectivity index (χ1v) is 2.81. The minimum atomic E-state index is 0. The molecule has 0 aliphatic carbocycles. The van der Waals surface area contributed by atoms with E-state index in [-0.39, 0.29) is 31.9 Å². The normalized spacial score (nSPS) is 6.00. The largest absolute Gasteiger partial charge is 2.00 e. The minimum Gasteiger partial charge on any atom is -0.668 e. The van der Waals surface area contributed by atoms with Gasteiger partial charge in [-0.1, -0.05) is 0 Å². The van der Waals surface area contributed by atoms with Gasteiger partial charge in [-0.2, -0.15) is 50.5 Å². The zero-order valence-electron chi connectivity index (χ0n) is 6.95. The first-order valence-electron chi connectivity index (χ1n) is 2.81. The molecular formula is C8H12ClNZn. The summed E-state index contributed by atoms with van der Waals surface area (Å²) in [7, 11) is 3.50. The average molecular weight is 223 g/mol. The van der Waals surface area contributed by atoms with E-state index in [1.54, 1.807) is 14.1 Å². The Morgan fingerprint density at radius 2 is 1.36 bits per heavy atom. The van der Waals surface area contributed by atoms with Crippen LogP contribution in [0.4, 0.5) is 0 Å². The van der Waals surface area contributed by atoms with Crippen LogP contribution < -0.4 is 0 Å². The van der Waals surface area contributed by atoms with Gasteiger partial charge in [0.2, 0.25) is 0 Å². The Bertz CT molecular complexity index is 96.9. The molecule has 1 nitrogen and oxygen atoms in total. The minimum absolute atomic E-state index is 0. The van der Waals surface area contributed by atoms with Crippen LogP contribution in [0.25, 0.3) is 5.32 Å². The molecule has 1 aromatic carbocycles. The van der Waals surface area contributed by atoms with E-state index >= 15 is 0 Å². The van der Waals surface area contributed by atoms with E-state index in [4.69, 9.17) is 0 Å². The number of benzene rings is 1. The molecule has 0 aliphatic heterocycles. The maximum atomic E-state index is 3.50. The molecule has 3 heteroatoms. The van der Waals surface area contributed by atoms with Crippen LogP contribution >= 0.6 is 12.4 Å². The summed E-state index contributed by atoms with van der Waals surface area (Å²) in [5.74, 6) is 0. The summed E-state index contributed by atoms with van der Waals surface area (Å²) in [4.78, 5) is 0. The molecule has 0 aliphatic rings. The van der Waals surface area contributed by atoms with Crippen LogP contribution in [0, 0.1) is 6.07 Å². The third-order valence-corrected chi connectivity index (χ3v) is 0.607. The zero-order valence-corrected chi connectivity index (χ0v) is 10.7. The van der Waals surface area contributed by atoms with Crippen molar-refractivity contribution in [1.29, 1.82) is 0 Å². The molecule has 0 spiro atoms. The van der Waals surface area contributed by atoms with Crippen LogP contribution in [0.2, 0.25) is 0 Å². The summed E-state index contributed by atoms with van der Waals surface area (Å²) in [5, 5.41) is 3.50. The van der Waals surface area contributed by atoms with Crippen LogP contribution in [0.1, 0.15) is 0 Å². The first-order chi connectivity index (χ1) is 4.41. The molecule has 0 N–H and O–H groups in total. The summed E-state index contributed by atoms with van der Waals surface area (Å²) >= 11 is 0. The van der Waals surface area contributed by atoms with Crippen molar-refractivity contribution in [2.75, 3.05) is 14.1 Å². The number of hydrogen-bond acceptors (Lipinski definition) is 0. The molecule has 1 rings (SSSR count). The molecule has 0 radical (unpaired) electrons. The van der Waals surface area contributed by atoms with Crippen LogP contribution in [0.3, 0.4) is 0 Å². The predicted molar refractivity (Wildman–Crippen MR) is 47.7 cm³/mol. The molecule has 58 valence electrons. The van der Waals surface area contributed by atoms with Crippen LogP contribution in [-0.4, -0.2) is 14.1 Å². The second kappa shape index (κ2) is 16.6. The van der Waals surface area contributed by atoms with Gasteiger partial charge in [0.1, 0.15) is 0 Å². The summed E-state index contributed by atoms with van der Waals surface area (Å²) in [5.41, 5.74) is 0. The van der Waals surface area contributed by atoms with Crippen molar-refractivity contribution in [2.24, 2.45) is 0 Å². The average Bonchev–Trinajstić information content (AvgIpc) is 1.93. The van der Waals surface area contributed by atoms with Gasteiger partial charge in [0.25, 0.3) is 0 Å². The summed E-state index contributed by atoms with van der Waals surface area (Å²) in [6, 6.07) is 12.5. The van der Waals surface area contributed by atoms with Crippen molar-refractivity contribution in [3.05, 3.63) is 41.7 Å². The summed E-state index contributed by atoms with van der Waals surface area (Å²) in [6.45, 7) is 0. The molecule has 0 fully saturated rings. The fourth-order valence-electron chi connectivity index (χ4n) is 0.342. The number of rotatable bonds is 0. The van der Waals surface area contributed by atoms with Gasteiger partial charge in [0.05, 0.1) is 0 Å². The Morgan fingerprint density at radius 3 is 1.45 bits per heavy atom. The van der Waals surface area contributed by atoms with Gasteiger partial charge in [-0.3, -0.25) is 0 Å². The number of nitrogens with zero attached hydrogens (tertiary/aromatic N) is 1. The van der Waals surface area contributed by atoms with Crippen LogP contribution in [0.15, 0.2) is 30.3 Å². The second-order valence-electron chi connectivity index (χ2n) is 1.52. The van der Waals surface area contributed by atoms with Crippen LogP contribution in [0.5, 0.6) is 0 Å². The van der Waals surface area contributed by atoms with E-state index in [9.17, 15) is 0 Å². The molecule has 1 aromatic rings. The molecule has 0 saturated carbocycles. The Hall–Kier alpha value is 0.0934. The van der Waals surface area contributed by atoms with Crippen molar-refractivity contribution in [1.82, 2.24) is 0 Å². The number of halogens is 1. The van der Waals surface area contributed by atoms with E-state index in [1.165, 1.54) is 0 Å². The molecular weight excluding hydrogens is 211 g/mol. The van der Waals surface area contributed by atoms with Gasteiger partial charge in [0.15, 0.2) is 0 Å². The summed E-state index contributed by atoms with van der Waals surface area (Å²) < 4.78 is 0. The Morgan fingerprint density at radius 1 is 1.00 bits per heavy atom. The maximum absolute atomic E-state index is 3.50. The van der Waals surface area contributed by atoms with E-state index in [2.05, 4.69) is 11.4 Å². The van der Waals surface area contributed by atoms with Crippen molar-refractivity contribution >= 4 is 12.4 Å². The zero-order chi connectivity index (χ0) is 6.95. The van der Waals surface area contributed by atoms with Crippen molar-refractivity contribution < 1.29 is 19.5 Å². The molecule has 0 bridgehead atoms. The third-order valence-electron chi connectivity index (χ3n) is 0.607. The molecule has 0 atom stereocenters. The van der Waals surface area contributed by atoms with Crippen molar-refractivity contribution in [2.45, 2.75) is 0 Å². The van der Waals surface area contributed by atoms with Crippen molar-refractivity contribution in [3.63, 3.8) is 0 Å². The number of hydrogen-bond donors (Lipinski definition) is 0. The molecule has 0 heterocycles. The van der Waals surface area contributed by atoms with Gasteiger partial charge in [0, 0.05) is 0 Å². The maximum Gasteiger partial charge on any atom is 2.00 e. The molecule has 0 unspecified atom stereocenters. The molecule has 0 saturated heterocycles. The second-order valence-corrected chi connectivity index (χ2v) is 1.52.